The molecule has 0 aliphatic rings. The molecule has 15 heavy (non-hydrogen) atoms. The zero-order chi connectivity index (χ0) is 11.9. The van der Waals surface area contributed by atoms with E-state index in [0.717, 1.165) is 12.2 Å². The first kappa shape index (κ1) is 14.0. The van der Waals surface area contributed by atoms with Crippen molar-refractivity contribution in [1.82, 2.24) is 0 Å². The lowest BCUT2D eigenvalue weighted by Crippen LogP contribution is -2.10. The highest BCUT2D eigenvalue weighted by Gasteiger charge is 2.31. The van der Waals surface area contributed by atoms with E-state index in [2.05, 4.69) is 6.58 Å². The Morgan fingerprint density at radius 2 is 2.00 bits per heavy atom. The van der Waals surface area contributed by atoms with E-state index >= 15 is 0 Å². The first-order valence-electron chi connectivity index (χ1n) is 4.63. The summed E-state index contributed by atoms with van der Waals surface area (Å²) in [5, 5.41) is 8.56. The Morgan fingerprint density at radius 1 is 1.40 bits per heavy atom. The molecule has 0 aromatic rings. The first-order valence-corrected chi connectivity index (χ1v) is 4.63. The molecular formula is C11H15F3O. The highest BCUT2D eigenvalue weighted by Crippen LogP contribution is 2.28. The van der Waals surface area contributed by atoms with Crippen molar-refractivity contribution >= 4 is 0 Å². The summed E-state index contributed by atoms with van der Waals surface area (Å²) in [7, 11) is 0. The van der Waals surface area contributed by atoms with Gasteiger partial charge in [0.25, 0.3) is 0 Å². The molecule has 0 aromatic carbocycles. The van der Waals surface area contributed by atoms with Crippen LogP contribution in [-0.4, -0.2) is 17.9 Å². The maximum atomic E-state index is 12.3. The average Bonchev–Trinajstić information content (AvgIpc) is 2.16. The van der Waals surface area contributed by atoms with E-state index in [1.54, 1.807) is 0 Å². The van der Waals surface area contributed by atoms with Crippen LogP contribution in [0.2, 0.25) is 0 Å². The second-order valence-electron chi connectivity index (χ2n) is 2.99. The molecule has 0 aliphatic heterocycles. The molecule has 0 spiro atoms. The molecule has 4 heteroatoms. The summed E-state index contributed by atoms with van der Waals surface area (Å²) in [6.07, 6.45) is -0.0433. The topological polar surface area (TPSA) is 20.2 Å². The van der Waals surface area contributed by atoms with Gasteiger partial charge in [-0.25, -0.2) is 0 Å². The summed E-state index contributed by atoms with van der Waals surface area (Å²) in [4.78, 5) is 0. The number of alkyl halides is 3. The van der Waals surface area contributed by atoms with Crippen molar-refractivity contribution in [2.45, 2.75) is 25.9 Å². The van der Waals surface area contributed by atoms with E-state index in [1.807, 2.05) is 0 Å². The number of rotatable bonds is 5. The summed E-state index contributed by atoms with van der Waals surface area (Å²) >= 11 is 0. The maximum absolute atomic E-state index is 12.3. The largest absolute Gasteiger partial charge is 0.416 e. The minimum Gasteiger partial charge on any atom is -0.396 e. The molecule has 0 unspecified atom stereocenters. The van der Waals surface area contributed by atoms with Gasteiger partial charge in [-0.15, -0.1) is 0 Å². The molecule has 1 N–H and O–H groups in total. The predicted octanol–water partition coefficient (Wildman–Crippen LogP) is 3.38. The Hall–Kier alpha value is -1.03. The van der Waals surface area contributed by atoms with E-state index in [0.29, 0.717) is 18.4 Å². The molecule has 0 amide bonds. The van der Waals surface area contributed by atoms with E-state index in [4.69, 9.17) is 5.11 Å². The molecule has 0 fully saturated rings. The average molecular weight is 220 g/mol. The summed E-state index contributed by atoms with van der Waals surface area (Å²) in [5.74, 6) is 0. The molecule has 1 nitrogen and oxygen atoms in total. The molecule has 0 heterocycles. The number of aliphatic hydroxyl groups excluding tert-OH is 1. The second-order valence-corrected chi connectivity index (χ2v) is 2.99. The van der Waals surface area contributed by atoms with Gasteiger partial charge in [-0.3, -0.25) is 0 Å². The lowest BCUT2D eigenvalue weighted by atomic mass is 10.1. The molecule has 86 valence electrons. The molecule has 0 bridgehead atoms. The zero-order valence-corrected chi connectivity index (χ0v) is 8.64. The van der Waals surface area contributed by atoms with Crippen LogP contribution in [0, 0.1) is 0 Å². The van der Waals surface area contributed by atoms with Crippen LogP contribution in [0.4, 0.5) is 13.2 Å². The van der Waals surface area contributed by atoms with Gasteiger partial charge < -0.3 is 5.11 Å². The van der Waals surface area contributed by atoms with Crippen LogP contribution in [0.5, 0.6) is 0 Å². The van der Waals surface area contributed by atoms with Crippen molar-refractivity contribution in [2.75, 3.05) is 6.61 Å². The van der Waals surface area contributed by atoms with E-state index in [-0.39, 0.29) is 6.61 Å². The summed E-state index contributed by atoms with van der Waals surface area (Å²) in [6, 6.07) is 0. The van der Waals surface area contributed by atoms with Crippen LogP contribution in [-0.2, 0) is 0 Å². The van der Waals surface area contributed by atoms with Crippen LogP contribution >= 0.6 is 0 Å². The van der Waals surface area contributed by atoms with Crippen LogP contribution in [0.15, 0.2) is 36.0 Å². The standard InChI is InChI=1S/C11H15F3O/c1-3-9(6-5-7-15)8-10(4-2)11(12,13)14/h3-4,8,15H,1,5-7H2,2H3/b9-8+,10-4+. The molecule has 0 radical (unpaired) electrons. The van der Waals surface area contributed by atoms with Crippen LogP contribution in [0.3, 0.4) is 0 Å². The van der Waals surface area contributed by atoms with Gasteiger partial charge in [-0.1, -0.05) is 18.7 Å². The predicted molar refractivity (Wildman–Crippen MR) is 54.4 cm³/mol. The Bertz CT molecular complexity index is 261. The van der Waals surface area contributed by atoms with Crippen molar-refractivity contribution in [2.24, 2.45) is 0 Å². The van der Waals surface area contributed by atoms with E-state index in [9.17, 15) is 13.2 Å². The Morgan fingerprint density at radius 3 is 2.33 bits per heavy atom. The number of halogens is 3. The molecule has 0 aromatic heterocycles. The molecule has 0 aliphatic carbocycles. The summed E-state index contributed by atoms with van der Waals surface area (Å²) in [6.45, 7) is 4.74. The summed E-state index contributed by atoms with van der Waals surface area (Å²) in [5.41, 5.74) is -0.204. The van der Waals surface area contributed by atoms with Crippen LogP contribution in [0.25, 0.3) is 0 Å². The monoisotopic (exact) mass is 220 g/mol. The quantitative estimate of drug-likeness (QED) is 0.704. The minimum atomic E-state index is -4.33. The van der Waals surface area contributed by atoms with E-state index in [1.165, 1.54) is 13.0 Å². The Labute approximate surface area is 87.6 Å². The van der Waals surface area contributed by atoms with Crippen LogP contribution < -0.4 is 0 Å². The number of hydrogen-bond donors (Lipinski definition) is 1. The highest BCUT2D eigenvalue weighted by molar-refractivity contribution is 5.31. The summed E-state index contributed by atoms with van der Waals surface area (Å²) < 4.78 is 37.0. The molecule has 0 saturated heterocycles. The van der Waals surface area contributed by atoms with Gasteiger partial charge >= 0.3 is 6.18 Å². The van der Waals surface area contributed by atoms with Gasteiger partial charge in [-0.05, 0) is 31.4 Å². The lowest BCUT2D eigenvalue weighted by Gasteiger charge is -2.08. The normalized spacial score (nSPS) is 14.2. The van der Waals surface area contributed by atoms with Crippen molar-refractivity contribution in [3.8, 4) is 0 Å². The van der Waals surface area contributed by atoms with Crippen LogP contribution in [0.1, 0.15) is 19.8 Å². The smallest absolute Gasteiger partial charge is 0.396 e. The van der Waals surface area contributed by atoms with E-state index < -0.39 is 11.7 Å². The molecule has 0 saturated carbocycles. The zero-order valence-electron chi connectivity index (χ0n) is 8.64. The van der Waals surface area contributed by atoms with Crippen molar-refractivity contribution < 1.29 is 18.3 Å². The van der Waals surface area contributed by atoms with Gasteiger partial charge in [0.1, 0.15) is 0 Å². The second kappa shape index (κ2) is 6.45. The van der Waals surface area contributed by atoms with Gasteiger partial charge in [0.15, 0.2) is 0 Å². The van der Waals surface area contributed by atoms with Crippen molar-refractivity contribution in [1.29, 1.82) is 0 Å². The van der Waals surface area contributed by atoms with Gasteiger partial charge in [-0.2, -0.15) is 13.2 Å². The minimum absolute atomic E-state index is 0.0393. The number of allylic oxidation sites excluding steroid dienone is 5. The first-order chi connectivity index (χ1) is 6.95. The SMILES string of the molecule is C=C/C(=C\C(=C/C)C(F)(F)F)CCCO. The molecule has 0 rings (SSSR count). The number of aliphatic hydroxyl groups is 1. The number of hydrogen-bond acceptors (Lipinski definition) is 1. The van der Waals surface area contributed by atoms with Crippen molar-refractivity contribution in [3.63, 3.8) is 0 Å². The van der Waals surface area contributed by atoms with Gasteiger partial charge in [0, 0.05) is 6.61 Å². The lowest BCUT2D eigenvalue weighted by molar-refractivity contribution is -0.0883. The third-order valence-corrected chi connectivity index (χ3v) is 1.86. The molecular weight excluding hydrogens is 205 g/mol. The fourth-order valence-electron chi connectivity index (χ4n) is 1.04. The van der Waals surface area contributed by atoms with Gasteiger partial charge in [0.05, 0.1) is 5.57 Å². The van der Waals surface area contributed by atoms with Gasteiger partial charge in [0.2, 0.25) is 0 Å². The third-order valence-electron chi connectivity index (χ3n) is 1.86. The third kappa shape index (κ3) is 5.42. The van der Waals surface area contributed by atoms with Crippen molar-refractivity contribution in [3.05, 3.63) is 36.0 Å². The highest BCUT2D eigenvalue weighted by atomic mass is 19.4. The fraction of sp³-hybridized carbons (Fsp3) is 0.455. The molecule has 0 atom stereocenters. The Kier molecular flexibility index (Phi) is 6.01. The maximum Gasteiger partial charge on any atom is 0.416 e. The fourth-order valence-corrected chi connectivity index (χ4v) is 1.04. The Balaban J connectivity index is 4.73.